The highest BCUT2D eigenvalue weighted by Crippen LogP contribution is 2.25. The molecule has 0 atom stereocenters. The largest absolute Gasteiger partial charge is 0.320 e. The molecule has 18 heavy (non-hydrogen) atoms. The molecule has 0 N–H and O–H groups in total. The smallest absolute Gasteiger partial charge is 0.149 e. The maximum atomic E-state index is 14.0. The summed E-state index contributed by atoms with van der Waals surface area (Å²) in [5.74, 6) is -0.204. The SMILES string of the molecule is Fc1cn(-c2ccccc2)cc1-c1ccccc1. The molecule has 0 amide bonds. The second kappa shape index (κ2) is 4.49. The Morgan fingerprint density at radius 1 is 0.722 bits per heavy atom. The molecule has 88 valence electrons. The van der Waals surface area contributed by atoms with Gasteiger partial charge >= 0.3 is 0 Å². The van der Waals surface area contributed by atoms with Gasteiger partial charge < -0.3 is 4.57 Å². The van der Waals surface area contributed by atoms with Crippen molar-refractivity contribution in [2.75, 3.05) is 0 Å². The number of halogens is 1. The third kappa shape index (κ3) is 1.93. The fraction of sp³-hybridized carbons (Fsp3) is 0. The number of benzene rings is 2. The van der Waals surface area contributed by atoms with Gasteiger partial charge in [-0.2, -0.15) is 0 Å². The van der Waals surface area contributed by atoms with Crippen molar-refractivity contribution in [3.05, 3.63) is 78.9 Å². The molecule has 0 unspecified atom stereocenters. The Morgan fingerprint density at radius 2 is 1.33 bits per heavy atom. The molecule has 0 radical (unpaired) electrons. The predicted octanol–water partition coefficient (Wildman–Crippen LogP) is 4.28. The van der Waals surface area contributed by atoms with E-state index in [0.717, 1.165) is 11.3 Å². The van der Waals surface area contributed by atoms with Crippen LogP contribution >= 0.6 is 0 Å². The molecule has 0 aliphatic rings. The zero-order chi connectivity index (χ0) is 12.4. The Kier molecular flexibility index (Phi) is 2.69. The minimum atomic E-state index is -0.204. The predicted molar refractivity (Wildman–Crippen MR) is 71.2 cm³/mol. The van der Waals surface area contributed by atoms with Gasteiger partial charge in [-0.15, -0.1) is 0 Å². The summed E-state index contributed by atoms with van der Waals surface area (Å²) in [6.07, 6.45) is 3.33. The Hall–Kier alpha value is -2.35. The van der Waals surface area contributed by atoms with E-state index in [2.05, 4.69) is 0 Å². The molecule has 1 aromatic heterocycles. The molecule has 2 heteroatoms. The van der Waals surface area contributed by atoms with Crippen LogP contribution in [-0.4, -0.2) is 4.57 Å². The van der Waals surface area contributed by atoms with E-state index in [0.29, 0.717) is 5.56 Å². The van der Waals surface area contributed by atoms with Crippen LogP contribution in [0.3, 0.4) is 0 Å². The van der Waals surface area contributed by atoms with Gasteiger partial charge in [-0.3, -0.25) is 0 Å². The lowest BCUT2D eigenvalue weighted by Gasteiger charge is -2.01. The average molecular weight is 237 g/mol. The summed E-state index contributed by atoms with van der Waals surface area (Å²) >= 11 is 0. The van der Waals surface area contributed by atoms with Crippen LogP contribution < -0.4 is 0 Å². The van der Waals surface area contributed by atoms with Gasteiger partial charge in [0.1, 0.15) is 5.82 Å². The van der Waals surface area contributed by atoms with Gasteiger partial charge in [0.15, 0.2) is 0 Å². The van der Waals surface area contributed by atoms with Crippen LogP contribution in [0, 0.1) is 5.82 Å². The van der Waals surface area contributed by atoms with Gasteiger partial charge in [0.2, 0.25) is 0 Å². The number of rotatable bonds is 2. The Labute approximate surface area is 105 Å². The quantitative estimate of drug-likeness (QED) is 0.626. The van der Waals surface area contributed by atoms with Crippen LogP contribution in [0.25, 0.3) is 16.8 Å². The molecule has 1 heterocycles. The number of para-hydroxylation sites is 1. The van der Waals surface area contributed by atoms with Gasteiger partial charge in [-0.05, 0) is 17.7 Å². The van der Waals surface area contributed by atoms with E-state index in [1.807, 2.05) is 66.9 Å². The van der Waals surface area contributed by atoms with E-state index in [9.17, 15) is 4.39 Å². The normalized spacial score (nSPS) is 10.5. The highest BCUT2D eigenvalue weighted by atomic mass is 19.1. The van der Waals surface area contributed by atoms with Crippen molar-refractivity contribution < 1.29 is 4.39 Å². The van der Waals surface area contributed by atoms with E-state index in [-0.39, 0.29) is 5.82 Å². The summed E-state index contributed by atoms with van der Waals surface area (Å²) in [7, 11) is 0. The summed E-state index contributed by atoms with van der Waals surface area (Å²) < 4.78 is 15.8. The molecule has 0 bridgehead atoms. The van der Waals surface area contributed by atoms with Crippen LogP contribution in [0.15, 0.2) is 73.1 Å². The van der Waals surface area contributed by atoms with Crippen molar-refractivity contribution in [2.24, 2.45) is 0 Å². The van der Waals surface area contributed by atoms with Crippen molar-refractivity contribution in [3.63, 3.8) is 0 Å². The summed E-state index contributed by atoms with van der Waals surface area (Å²) in [6.45, 7) is 0. The van der Waals surface area contributed by atoms with Crippen LogP contribution in [0.5, 0.6) is 0 Å². The summed E-state index contributed by atoms with van der Waals surface area (Å²) in [6, 6.07) is 19.3. The van der Waals surface area contributed by atoms with Crippen molar-refractivity contribution in [3.8, 4) is 16.8 Å². The Bertz CT molecular complexity index is 641. The fourth-order valence-electron chi connectivity index (χ4n) is 2.01. The molecular weight excluding hydrogens is 225 g/mol. The Balaban J connectivity index is 2.07. The first-order valence-electron chi connectivity index (χ1n) is 5.83. The number of aromatic nitrogens is 1. The van der Waals surface area contributed by atoms with Gasteiger partial charge in [-0.25, -0.2) is 4.39 Å². The third-order valence-electron chi connectivity index (χ3n) is 2.92. The van der Waals surface area contributed by atoms with Crippen molar-refractivity contribution in [1.82, 2.24) is 4.57 Å². The standard InChI is InChI=1S/C16H12FN/c17-16-12-18(14-9-5-2-6-10-14)11-15(16)13-7-3-1-4-8-13/h1-12H. The van der Waals surface area contributed by atoms with E-state index in [4.69, 9.17) is 0 Å². The van der Waals surface area contributed by atoms with Crippen molar-refractivity contribution in [1.29, 1.82) is 0 Å². The maximum Gasteiger partial charge on any atom is 0.149 e. The molecular formula is C16H12FN. The highest BCUT2D eigenvalue weighted by molar-refractivity contribution is 5.64. The van der Waals surface area contributed by atoms with E-state index < -0.39 is 0 Å². The molecule has 0 saturated carbocycles. The fourth-order valence-corrected chi connectivity index (χ4v) is 2.01. The lowest BCUT2D eigenvalue weighted by atomic mass is 10.1. The second-order valence-electron chi connectivity index (χ2n) is 4.13. The van der Waals surface area contributed by atoms with Crippen molar-refractivity contribution in [2.45, 2.75) is 0 Å². The lowest BCUT2D eigenvalue weighted by Crippen LogP contribution is -1.87. The first-order chi connectivity index (χ1) is 8.84. The Morgan fingerprint density at radius 3 is 2.00 bits per heavy atom. The summed E-state index contributed by atoms with van der Waals surface area (Å²) in [5.41, 5.74) is 2.47. The summed E-state index contributed by atoms with van der Waals surface area (Å²) in [5, 5.41) is 0. The van der Waals surface area contributed by atoms with Crippen molar-refractivity contribution >= 4 is 0 Å². The molecule has 0 aliphatic carbocycles. The van der Waals surface area contributed by atoms with E-state index >= 15 is 0 Å². The number of hydrogen-bond donors (Lipinski definition) is 0. The van der Waals surface area contributed by atoms with Gasteiger partial charge in [0.25, 0.3) is 0 Å². The molecule has 0 aliphatic heterocycles. The molecule has 0 fully saturated rings. The van der Waals surface area contributed by atoms with Gasteiger partial charge in [0.05, 0.1) is 0 Å². The van der Waals surface area contributed by atoms with Crippen LogP contribution in [0.2, 0.25) is 0 Å². The monoisotopic (exact) mass is 237 g/mol. The molecule has 0 saturated heterocycles. The molecule has 3 aromatic rings. The van der Waals surface area contributed by atoms with Gasteiger partial charge in [0, 0.05) is 23.6 Å². The van der Waals surface area contributed by atoms with Crippen LogP contribution in [0.4, 0.5) is 4.39 Å². The first kappa shape index (κ1) is 10.8. The lowest BCUT2D eigenvalue weighted by molar-refractivity contribution is 0.630. The summed E-state index contributed by atoms with van der Waals surface area (Å²) in [4.78, 5) is 0. The van der Waals surface area contributed by atoms with E-state index in [1.54, 1.807) is 4.57 Å². The molecule has 0 spiro atoms. The average Bonchev–Trinajstić information content (AvgIpc) is 2.83. The minimum Gasteiger partial charge on any atom is -0.320 e. The van der Waals surface area contributed by atoms with Gasteiger partial charge in [-0.1, -0.05) is 48.5 Å². The van der Waals surface area contributed by atoms with Crippen LogP contribution in [0.1, 0.15) is 0 Å². The topological polar surface area (TPSA) is 4.93 Å². The zero-order valence-electron chi connectivity index (χ0n) is 9.75. The number of hydrogen-bond acceptors (Lipinski definition) is 0. The first-order valence-corrected chi connectivity index (χ1v) is 5.83. The minimum absolute atomic E-state index is 0.204. The third-order valence-corrected chi connectivity index (χ3v) is 2.92. The van der Waals surface area contributed by atoms with Crippen LogP contribution in [-0.2, 0) is 0 Å². The van der Waals surface area contributed by atoms with E-state index in [1.165, 1.54) is 6.20 Å². The molecule has 1 nitrogen and oxygen atoms in total. The number of nitrogens with zero attached hydrogens (tertiary/aromatic N) is 1. The highest BCUT2D eigenvalue weighted by Gasteiger charge is 2.08. The molecule has 2 aromatic carbocycles. The zero-order valence-corrected chi connectivity index (χ0v) is 9.75. The maximum absolute atomic E-state index is 14.0. The molecule has 3 rings (SSSR count). The second-order valence-corrected chi connectivity index (χ2v) is 4.13.